The van der Waals surface area contributed by atoms with Gasteiger partial charge in [-0.2, -0.15) is 0 Å². The van der Waals surface area contributed by atoms with Crippen LogP contribution in [0, 0.1) is 0 Å². The number of amides is 1. The maximum Gasteiger partial charge on any atom is 0.272 e. The summed E-state index contributed by atoms with van der Waals surface area (Å²) in [5.74, 6) is -0.00825. The first-order valence-corrected chi connectivity index (χ1v) is 10.2. The highest BCUT2D eigenvalue weighted by Gasteiger charge is 2.23. The molecule has 0 aliphatic carbocycles. The zero-order chi connectivity index (χ0) is 19.2. The van der Waals surface area contributed by atoms with Gasteiger partial charge in [-0.05, 0) is 57.2 Å². The van der Waals surface area contributed by atoms with Crippen LogP contribution in [0.5, 0.6) is 0 Å². The SMILES string of the molecule is CCC1CCCCN1c1ccc(C(=O)N(Cc2ccccc2)C(C)C)nc1. The molecule has 1 saturated heterocycles. The maximum atomic E-state index is 13.0. The summed E-state index contributed by atoms with van der Waals surface area (Å²) in [6, 6.07) is 14.8. The van der Waals surface area contributed by atoms with Gasteiger partial charge in [0.25, 0.3) is 5.91 Å². The number of piperidine rings is 1. The van der Waals surface area contributed by atoms with Crippen molar-refractivity contribution in [1.82, 2.24) is 9.88 Å². The molecule has 0 spiro atoms. The minimum Gasteiger partial charge on any atom is -0.367 e. The van der Waals surface area contributed by atoms with Gasteiger partial charge in [-0.15, -0.1) is 0 Å². The first kappa shape index (κ1) is 19.4. The van der Waals surface area contributed by atoms with Crippen molar-refractivity contribution < 1.29 is 4.79 Å². The number of hydrogen-bond donors (Lipinski definition) is 0. The van der Waals surface area contributed by atoms with E-state index in [0.29, 0.717) is 18.3 Å². The topological polar surface area (TPSA) is 36.4 Å². The van der Waals surface area contributed by atoms with E-state index in [1.165, 1.54) is 19.3 Å². The molecule has 0 saturated carbocycles. The Kier molecular flexibility index (Phi) is 6.49. The molecule has 0 bridgehead atoms. The third-order valence-corrected chi connectivity index (χ3v) is 5.48. The maximum absolute atomic E-state index is 13.0. The number of carbonyl (C=O) groups excluding carboxylic acids is 1. The van der Waals surface area contributed by atoms with Crippen molar-refractivity contribution in [3.8, 4) is 0 Å². The summed E-state index contributed by atoms with van der Waals surface area (Å²) in [5, 5.41) is 0. The number of benzene rings is 1. The molecule has 144 valence electrons. The Balaban J connectivity index is 1.75. The highest BCUT2D eigenvalue weighted by molar-refractivity contribution is 5.92. The molecule has 3 rings (SSSR count). The molecule has 1 atom stereocenters. The van der Waals surface area contributed by atoms with Gasteiger partial charge in [0.15, 0.2) is 0 Å². The number of anilines is 1. The minimum absolute atomic E-state index is 0.00825. The summed E-state index contributed by atoms with van der Waals surface area (Å²) in [6.45, 7) is 8.03. The monoisotopic (exact) mass is 365 g/mol. The minimum atomic E-state index is -0.00825. The molecular weight excluding hydrogens is 334 g/mol. The lowest BCUT2D eigenvalue weighted by atomic mass is 9.99. The van der Waals surface area contributed by atoms with Crippen LogP contribution in [0.2, 0.25) is 0 Å². The Morgan fingerprint density at radius 2 is 1.96 bits per heavy atom. The molecule has 0 radical (unpaired) electrons. The summed E-state index contributed by atoms with van der Waals surface area (Å²) >= 11 is 0. The van der Waals surface area contributed by atoms with Gasteiger partial charge in [0, 0.05) is 25.2 Å². The van der Waals surface area contributed by atoms with Crippen molar-refractivity contribution in [3.05, 3.63) is 59.9 Å². The second kappa shape index (κ2) is 9.03. The van der Waals surface area contributed by atoms with Crippen LogP contribution in [0.15, 0.2) is 48.7 Å². The number of rotatable bonds is 6. The van der Waals surface area contributed by atoms with Gasteiger partial charge in [0.1, 0.15) is 5.69 Å². The lowest BCUT2D eigenvalue weighted by Gasteiger charge is -2.37. The third kappa shape index (κ3) is 4.68. The lowest BCUT2D eigenvalue weighted by molar-refractivity contribution is 0.0684. The van der Waals surface area contributed by atoms with Crippen molar-refractivity contribution in [3.63, 3.8) is 0 Å². The molecular formula is C23H31N3O. The number of carbonyl (C=O) groups is 1. The van der Waals surface area contributed by atoms with E-state index in [2.05, 4.69) is 48.9 Å². The van der Waals surface area contributed by atoms with E-state index >= 15 is 0 Å². The summed E-state index contributed by atoms with van der Waals surface area (Å²) in [4.78, 5) is 21.9. The number of aromatic nitrogens is 1. The van der Waals surface area contributed by atoms with Gasteiger partial charge < -0.3 is 9.80 Å². The van der Waals surface area contributed by atoms with Crippen molar-refractivity contribution in [2.75, 3.05) is 11.4 Å². The number of nitrogens with zero attached hydrogens (tertiary/aromatic N) is 3. The zero-order valence-electron chi connectivity index (χ0n) is 16.8. The Bertz CT molecular complexity index is 727. The smallest absolute Gasteiger partial charge is 0.272 e. The van der Waals surface area contributed by atoms with Crippen molar-refractivity contribution in [2.24, 2.45) is 0 Å². The normalized spacial score (nSPS) is 17.2. The second-order valence-corrected chi connectivity index (χ2v) is 7.67. The van der Waals surface area contributed by atoms with Gasteiger partial charge in [-0.25, -0.2) is 4.98 Å². The molecule has 27 heavy (non-hydrogen) atoms. The Morgan fingerprint density at radius 3 is 2.59 bits per heavy atom. The highest BCUT2D eigenvalue weighted by Crippen LogP contribution is 2.26. The van der Waals surface area contributed by atoms with Gasteiger partial charge in [0.2, 0.25) is 0 Å². The summed E-state index contributed by atoms with van der Waals surface area (Å²) in [5.41, 5.74) is 2.79. The van der Waals surface area contributed by atoms with E-state index in [9.17, 15) is 4.79 Å². The second-order valence-electron chi connectivity index (χ2n) is 7.67. The fourth-order valence-electron chi connectivity index (χ4n) is 3.86. The Morgan fingerprint density at radius 1 is 1.19 bits per heavy atom. The third-order valence-electron chi connectivity index (χ3n) is 5.48. The molecule has 1 aromatic heterocycles. The lowest BCUT2D eigenvalue weighted by Crippen LogP contribution is -2.39. The molecule has 2 aromatic rings. The van der Waals surface area contributed by atoms with Crippen molar-refractivity contribution in [1.29, 1.82) is 0 Å². The van der Waals surface area contributed by atoms with Gasteiger partial charge in [-0.1, -0.05) is 37.3 Å². The summed E-state index contributed by atoms with van der Waals surface area (Å²) in [7, 11) is 0. The predicted molar refractivity (Wildman–Crippen MR) is 111 cm³/mol. The average molecular weight is 366 g/mol. The van der Waals surface area contributed by atoms with Crippen LogP contribution < -0.4 is 4.90 Å². The fourth-order valence-corrected chi connectivity index (χ4v) is 3.86. The Labute approximate surface area is 163 Å². The van der Waals surface area contributed by atoms with Crippen LogP contribution in [-0.4, -0.2) is 34.4 Å². The van der Waals surface area contributed by atoms with Crippen molar-refractivity contribution in [2.45, 2.75) is 65.1 Å². The fraction of sp³-hybridized carbons (Fsp3) is 0.478. The van der Waals surface area contributed by atoms with Gasteiger partial charge in [-0.3, -0.25) is 4.79 Å². The van der Waals surface area contributed by atoms with E-state index in [0.717, 1.165) is 24.2 Å². The van der Waals surface area contributed by atoms with E-state index in [1.807, 2.05) is 35.4 Å². The standard InChI is InChI=1S/C23H31N3O/c1-4-20-12-8-9-15-25(20)21-13-14-22(24-16-21)23(27)26(18(2)3)17-19-10-6-5-7-11-19/h5-7,10-11,13-14,16,18,20H,4,8-9,12,15,17H2,1-3H3. The number of pyridine rings is 1. The largest absolute Gasteiger partial charge is 0.367 e. The molecule has 1 aliphatic heterocycles. The molecule has 1 aromatic carbocycles. The highest BCUT2D eigenvalue weighted by atomic mass is 16.2. The van der Waals surface area contributed by atoms with Gasteiger partial charge in [0.05, 0.1) is 11.9 Å². The predicted octanol–water partition coefficient (Wildman–Crippen LogP) is 4.90. The average Bonchev–Trinajstić information content (AvgIpc) is 2.72. The quantitative estimate of drug-likeness (QED) is 0.730. The molecule has 1 fully saturated rings. The Hall–Kier alpha value is -2.36. The van der Waals surface area contributed by atoms with Crippen LogP contribution in [0.4, 0.5) is 5.69 Å². The molecule has 4 heteroatoms. The van der Waals surface area contributed by atoms with Crippen LogP contribution in [0.1, 0.15) is 62.5 Å². The van der Waals surface area contributed by atoms with E-state index in [-0.39, 0.29) is 11.9 Å². The van der Waals surface area contributed by atoms with Crippen LogP contribution >= 0.6 is 0 Å². The summed E-state index contributed by atoms with van der Waals surface area (Å²) < 4.78 is 0. The van der Waals surface area contributed by atoms with E-state index < -0.39 is 0 Å². The zero-order valence-corrected chi connectivity index (χ0v) is 16.8. The van der Waals surface area contributed by atoms with E-state index in [1.54, 1.807) is 0 Å². The number of hydrogen-bond acceptors (Lipinski definition) is 3. The molecule has 1 amide bonds. The molecule has 1 unspecified atom stereocenters. The molecule has 2 heterocycles. The molecule has 0 N–H and O–H groups in total. The summed E-state index contributed by atoms with van der Waals surface area (Å²) in [6.07, 6.45) is 6.81. The van der Waals surface area contributed by atoms with Crippen LogP contribution in [0.3, 0.4) is 0 Å². The first-order chi connectivity index (χ1) is 13.1. The van der Waals surface area contributed by atoms with Gasteiger partial charge >= 0.3 is 0 Å². The first-order valence-electron chi connectivity index (χ1n) is 10.2. The molecule has 1 aliphatic rings. The van der Waals surface area contributed by atoms with E-state index in [4.69, 9.17) is 0 Å². The van der Waals surface area contributed by atoms with Crippen LogP contribution in [-0.2, 0) is 6.54 Å². The van der Waals surface area contributed by atoms with Crippen LogP contribution in [0.25, 0.3) is 0 Å². The van der Waals surface area contributed by atoms with Crippen molar-refractivity contribution >= 4 is 11.6 Å². The molecule has 4 nitrogen and oxygen atoms in total.